The Bertz CT molecular complexity index is 875. The number of allylic oxidation sites excluding steroid dienone is 2. The Hall–Kier alpha value is -2.12. The van der Waals surface area contributed by atoms with Crippen LogP contribution in [-0.2, 0) is 14.8 Å². The van der Waals surface area contributed by atoms with Crippen molar-refractivity contribution in [3.05, 3.63) is 47.4 Å². The first-order chi connectivity index (χ1) is 14.4. The van der Waals surface area contributed by atoms with Gasteiger partial charge in [-0.15, -0.1) is 0 Å². The zero-order chi connectivity index (χ0) is 21.6. The molecule has 7 heteroatoms. The largest absolute Gasteiger partial charge is 0.497 e. The molecule has 2 aliphatic carbocycles. The third kappa shape index (κ3) is 6.19. The lowest BCUT2D eigenvalue weighted by atomic mass is 9.79. The fourth-order valence-electron chi connectivity index (χ4n) is 4.83. The highest BCUT2D eigenvalue weighted by Crippen LogP contribution is 2.52. The van der Waals surface area contributed by atoms with Gasteiger partial charge in [-0.2, -0.15) is 0 Å². The topological polar surface area (TPSA) is 92.7 Å². The average Bonchev–Trinajstić information content (AvgIpc) is 3.32. The molecule has 6 nitrogen and oxygen atoms in total. The van der Waals surface area contributed by atoms with Crippen LogP contribution in [0.5, 0.6) is 5.75 Å². The molecule has 2 saturated carbocycles. The zero-order valence-corrected chi connectivity index (χ0v) is 18.2. The Kier molecular flexibility index (Phi) is 7.72. The number of sulfonamides is 1. The molecule has 0 spiro atoms. The van der Waals surface area contributed by atoms with Crippen molar-refractivity contribution in [1.29, 1.82) is 0 Å². The van der Waals surface area contributed by atoms with Gasteiger partial charge in [0.05, 0.1) is 7.11 Å². The molecule has 0 saturated heterocycles. The molecule has 30 heavy (non-hydrogen) atoms. The predicted molar refractivity (Wildman–Crippen MR) is 117 cm³/mol. The Morgan fingerprint density at radius 3 is 2.67 bits per heavy atom. The molecule has 2 fully saturated rings. The van der Waals surface area contributed by atoms with Crippen LogP contribution in [0.2, 0.25) is 0 Å². The van der Waals surface area contributed by atoms with Gasteiger partial charge in [-0.3, -0.25) is 4.79 Å². The normalized spacial score (nSPS) is 26.0. The van der Waals surface area contributed by atoms with Crippen LogP contribution in [0.15, 0.2) is 41.8 Å². The molecule has 2 aliphatic rings. The van der Waals surface area contributed by atoms with Gasteiger partial charge in [-0.05, 0) is 79.5 Å². The summed E-state index contributed by atoms with van der Waals surface area (Å²) in [6.07, 6.45) is 11.0. The minimum atomic E-state index is -3.51. The van der Waals surface area contributed by atoms with Crippen LogP contribution in [-0.4, -0.2) is 33.1 Å². The maximum Gasteiger partial charge on any atom is 0.303 e. The van der Waals surface area contributed by atoms with Crippen LogP contribution >= 0.6 is 0 Å². The summed E-state index contributed by atoms with van der Waals surface area (Å²) in [5.74, 6) is 1.84. The van der Waals surface area contributed by atoms with Crippen molar-refractivity contribution < 1.29 is 23.1 Å². The summed E-state index contributed by atoms with van der Waals surface area (Å²) >= 11 is 0. The predicted octanol–water partition coefficient (Wildman–Crippen LogP) is 4.06. The molecular formula is C23H31NO5S. The standard InChI is InChI=1S/C23H31NO5S/c1-29-20-11-7-17(8-12-20)13-14-30(27,28)24-16-22-19-10-9-18(15-19)21(22)5-3-2-4-6-23(25)26/h3,5,7-8,11-14,18-19,21-22,24H,2,4,6,9-10,15-16H2,1H3,(H,25,26)/b5-3+,14-13+. The fraction of sp³-hybridized carbons (Fsp3) is 0.522. The monoisotopic (exact) mass is 433 g/mol. The van der Waals surface area contributed by atoms with Crippen molar-refractivity contribution in [3.8, 4) is 5.75 Å². The zero-order valence-electron chi connectivity index (χ0n) is 17.4. The van der Waals surface area contributed by atoms with E-state index in [1.165, 1.54) is 18.2 Å². The molecular weight excluding hydrogens is 402 g/mol. The van der Waals surface area contributed by atoms with E-state index >= 15 is 0 Å². The minimum absolute atomic E-state index is 0.185. The van der Waals surface area contributed by atoms with Crippen molar-refractivity contribution in [2.24, 2.45) is 23.7 Å². The van der Waals surface area contributed by atoms with Crippen molar-refractivity contribution in [2.75, 3.05) is 13.7 Å². The lowest BCUT2D eigenvalue weighted by Gasteiger charge is -2.29. The summed E-state index contributed by atoms with van der Waals surface area (Å²) in [6.45, 7) is 0.445. The number of methoxy groups -OCH3 is 1. The Morgan fingerprint density at radius 2 is 1.97 bits per heavy atom. The number of unbranched alkanes of at least 4 members (excludes halogenated alkanes) is 1. The first-order valence-corrected chi connectivity index (χ1v) is 12.1. The summed E-state index contributed by atoms with van der Waals surface area (Å²) in [6, 6.07) is 7.21. The van der Waals surface area contributed by atoms with Crippen LogP contribution in [0.1, 0.15) is 44.1 Å². The smallest absolute Gasteiger partial charge is 0.303 e. The molecule has 0 aromatic heterocycles. The number of carbonyl (C=O) groups is 1. The highest BCUT2D eigenvalue weighted by molar-refractivity contribution is 7.92. The molecule has 0 amide bonds. The summed E-state index contributed by atoms with van der Waals surface area (Å²) < 4.78 is 32.8. The number of carboxylic acids is 1. The highest BCUT2D eigenvalue weighted by Gasteiger charge is 2.46. The summed E-state index contributed by atoms with van der Waals surface area (Å²) in [7, 11) is -1.92. The van der Waals surface area contributed by atoms with Crippen molar-refractivity contribution in [1.82, 2.24) is 4.72 Å². The maximum absolute atomic E-state index is 12.5. The Balaban J connectivity index is 1.54. The molecule has 3 rings (SSSR count). The quantitative estimate of drug-likeness (QED) is 0.406. The number of benzene rings is 1. The van der Waals surface area contributed by atoms with Crippen molar-refractivity contribution in [3.63, 3.8) is 0 Å². The minimum Gasteiger partial charge on any atom is -0.497 e. The van der Waals surface area contributed by atoms with E-state index in [1.807, 2.05) is 12.1 Å². The second-order valence-electron chi connectivity index (χ2n) is 8.26. The van der Waals surface area contributed by atoms with E-state index in [1.54, 1.807) is 25.3 Å². The Morgan fingerprint density at radius 1 is 1.23 bits per heavy atom. The third-order valence-corrected chi connectivity index (χ3v) is 7.42. The van der Waals surface area contributed by atoms with E-state index in [-0.39, 0.29) is 6.42 Å². The molecule has 2 bridgehead atoms. The van der Waals surface area contributed by atoms with Gasteiger partial charge < -0.3 is 9.84 Å². The van der Waals surface area contributed by atoms with Gasteiger partial charge in [-0.25, -0.2) is 13.1 Å². The molecule has 0 heterocycles. The van der Waals surface area contributed by atoms with Crippen LogP contribution in [0, 0.1) is 23.7 Å². The third-order valence-electron chi connectivity index (χ3n) is 6.35. The first-order valence-electron chi connectivity index (χ1n) is 10.6. The van der Waals surface area contributed by atoms with E-state index in [9.17, 15) is 13.2 Å². The van der Waals surface area contributed by atoms with E-state index in [0.717, 1.165) is 24.2 Å². The van der Waals surface area contributed by atoms with Gasteiger partial charge in [0.15, 0.2) is 0 Å². The lowest BCUT2D eigenvalue weighted by molar-refractivity contribution is -0.137. The van der Waals surface area contributed by atoms with E-state index in [0.29, 0.717) is 36.6 Å². The van der Waals surface area contributed by atoms with E-state index in [2.05, 4.69) is 16.9 Å². The number of hydrogen-bond donors (Lipinski definition) is 2. The molecule has 0 aliphatic heterocycles. The molecule has 4 unspecified atom stereocenters. The first kappa shape index (κ1) is 22.6. The van der Waals surface area contributed by atoms with Crippen molar-refractivity contribution in [2.45, 2.75) is 38.5 Å². The van der Waals surface area contributed by atoms with E-state index in [4.69, 9.17) is 9.84 Å². The lowest BCUT2D eigenvalue weighted by Crippen LogP contribution is -2.34. The fourth-order valence-corrected chi connectivity index (χ4v) is 5.68. The molecule has 4 atom stereocenters. The summed E-state index contributed by atoms with van der Waals surface area (Å²) in [5.41, 5.74) is 0.795. The number of carboxylic acid groups (broad SMARTS) is 1. The molecule has 2 N–H and O–H groups in total. The molecule has 1 aromatic rings. The number of fused-ring (bicyclic) bond motifs is 2. The maximum atomic E-state index is 12.5. The number of rotatable bonds is 11. The van der Waals surface area contributed by atoms with Crippen LogP contribution in [0.25, 0.3) is 6.08 Å². The second-order valence-corrected chi connectivity index (χ2v) is 9.91. The van der Waals surface area contributed by atoms with Gasteiger partial charge in [0.2, 0.25) is 10.0 Å². The SMILES string of the molecule is COc1ccc(/C=C/S(=O)(=O)NCC2C3CCC(C3)C2/C=C/CCCC(=O)O)cc1. The number of hydrogen-bond acceptors (Lipinski definition) is 4. The van der Waals surface area contributed by atoms with Gasteiger partial charge in [0.1, 0.15) is 5.75 Å². The molecule has 0 radical (unpaired) electrons. The number of nitrogens with one attached hydrogen (secondary N) is 1. The molecule has 1 aromatic carbocycles. The summed E-state index contributed by atoms with van der Waals surface area (Å²) in [4.78, 5) is 10.6. The second kappa shape index (κ2) is 10.3. The van der Waals surface area contributed by atoms with E-state index < -0.39 is 16.0 Å². The Labute approximate surface area is 179 Å². The van der Waals surface area contributed by atoms with Gasteiger partial charge in [0, 0.05) is 18.4 Å². The van der Waals surface area contributed by atoms with Gasteiger partial charge >= 0.3 is 5.97 Å². The van der Waals surface area contributed by atoms with Crippen LogP contribution in [0.3, 0.4) is 0 Å². The van der Waals surface area contributed by atoms with Gasteiger partial charge in [0.25, 0.3) is 0 Å². The highest BCUT2D eigenvalue weighted by atomic mass is 32.2. The number of aliphatic carboxylic acids is 1. The average molecular weight is 434 g/mol. The summed E-state index contributed by atoms with van der Waals surface area (Å²) in [5, 5.41) is 9.96. The number of ether oxygens (including phenoxy) is 1. The van der Waals surface area contributed by atoms with Crippen LogP contribution in [0.4, 0.5) is 0 Å². The molecule has 164 valence electrons. The van der Waals surface area contributed by atoms with Gasteiger partial charge in [-0.1, -0.05) is 24.3 Å². The van der Waals surface area contributed by atoms with Crippen molar-refractivity contribution >= 4 is 22.1 Å². The van der Waals surface area contributed by atoms with Crippen LogP contribution < -0.4 is 9.46 Å².